The number of rotatable bonds is 4. The normalized spacial score (nSPS) is 12.8. The molecule has 0 amide bonds. The van der Waals surface area contributed by atoms with Gasteiger partial charge in [-0.2, -0.15) is 0 Å². The quantitative estimate of drug-likeness (QED) is 0.703. The number of benzene rings is 1. The topological polar surface area (TPSA) is 0 Å². The van der Waals surface area contributed by atoms with E-state index in [1.54, 1.807) is 0 Å². The van der Waals surface area contributed by atoms with Gasteiger partial charge in [0.05, 0.1) is 0 Å². The third-order valence-electron chi connectivity index (χ3n) is 1.96. The van der Waals surface area contributed by atoms with E-state index in [1.165, 1.54) is 18.4 Å². The lowest BCUT2D eigenvalue weighted by atomic mass is 10.1. The van der Waals surface area contributed by atoms with Gasteiger partial charge in [0.1, 0.15) is 0 Å². The average molecular weight is 262 g/mol. The highest BCUT2D eigenvalue weighted by atomic mass is 79.9. The monoisotopic (exact) mass is 260 g/mol. The molecule has 2 heteroatoms. The molecule has 0 saturated carbocycles. The molecule has 0 fully saturated rings. The zero-order valence-electron chi connectivity index (χ0n) is 7.76. The molecule has 0 aliphatic heterocycles. The van der Waals surface area contributed by atoms with Crippen LogP contribution >= 0.6 is 27.5 Å². The molecule has 0 heterocycles. The fraction of sp³-hybridized carbons (Fsp3) is 0.455. The standard InChI is InChI=1S/C11H14BrCl/c1-9(12)4-2-5-10-6-3-7-11(13)8-10/h3,6-9H,2,4-5H2,1H3. The lowest BCUT2D eigenvalue weighted by Gasteiger charge is -2.03. The summed E-state index contributed by atoms with van der Waals surface area (Å²) in [6.45, 7) is 2.18. The molecule has 0 N–H and O–H groups in total. The number of hydrogen-bond donors (Lipinski definition) is 0. The molecule has 0 nitrogen and oxygen atoms in total. The second-order valence-corrected chi connectivity index (χ2v) is 5.30. The molecule has 72 valence electrons. The Bertz CT molecular complexity index is 258. The van der Waals surface area contributed by atoms with Gasteiger partial charge in [-0.05, 0) is 37.0 Å². The van der Waals surface area contributed by atoms with E-state index in [-0.39, 0.29) is 0 Å². The summed E-state index contributed by atoms with van der Waals surface area (Å²) in [5, 5.41) is 0.837. The van der Waals surface area contributed by atoms with Gasteiger partial charge in [0.15, 0.2) is 0 Å². The van der Waals surface area contributed by atoms with Crippen molar-refractivity contribution in [1.29, 1.82) is 0 Å². The Morgan fingerprint density at radius 3 is 2.85 bits per heavy atom. The predicted octanol–water partition coefficient (Wildman–Crippen LogP) is 4.45. The summed E-state index contributed by atoms with van der Waals surface area (Å²) in [6, 6.07) is 8.10. The Morgan fingerprint density at radius 1 is 1.46 bits per heavy atom. The summed E-state index contributed by atoms with van der Waals surface area (Å²) < 4.78 is 0. The Balaban J connectivity index is 2.37. The molecule has 0 radical (unpaired) electrons. The van der Waals surface area contributed by atoms with Crippen LogP contribution < -0.4 is 0 Å². The van der Waals surface area contributed by atoms with Crippen LogP contribution in [-0.2, 0) is 6.42 Å². The van der Waals surface area contributed by atoms with Crippen LogP contribution in [0.1, 0.15) is 25.3 Å². The lowest BCUT2D eigenvalue weighted by molar-refractivity contribution is 0.736. The van der Waals surface area contributed by atoms with E-state index < -0.39 is 0 Å². The second kappa shape index (κ2) is 5.66. The maximum atomic E-state index is 5.88. The molecule has 1 aromatic carbocycles. The molecule has 1 atom stereocenters. The number of aryl methyl sites for hydroxylation is 1. The van der Waals surface area contributed by atoms with Gasteiger partial charge in [-0.1, -0.05) is 46.6 Å². The Kier molecular flexibility index (Phi) is 4.82. The largest absolute Gasteiger partial charge is 0.0894 e. The van der Waals surface area contributed by atoms with Crippen LogP contribution in [0.5, 0.6) is 0 Å². The maximum absolute atomic E-state index is 5.88. The van der Waals surface area contributed by atoms with Crippen molar-refractivity contribution in [2.45, 2.75) is 31.0 Å². The van der Waals surface area contributed by atoms with Gasteiger partial charge in [-0.15, -0.1) is 0 Å². The van der Waals surface area contributed by atoms with Crippen LogP contribution in [0.3, 0.4) is 0 Å². The van der Waals surface area contributed by atoms with Crippen LogP contribution in [0, 0.1) is 0 Å². The predicted molar refractivity (Wildman–Crippen MR) is 62.8 cm³/mol. The smallest absolute Gasteiger partial charge is 0.0408 e. The average Bonchev–Trinajstić information content (AvgIpc) is 2.03. The van der Waals surface area contributed by atoms with Crippen LogP contribution in [0.4, 0.5) is 0 Å². The van der Waals surface area contributed by atoms with Crippen molar-refractivity contribution >= 4 is 27.5 Å². The Hall–Kier alpha value is -0.0100. The molecule has 1 unspecified atom stereocenters. The minimum atomic E-state index is 0.617. The van der Waals surface area contributed by atoms with Crippen LogP contribution in [-0.4, -0.2) is 4.83 Å². The minimum absolute atomic E-state index is 0.617. The SMILES string of the molecule is CC(Br)CCCc1cccc(Cl)c1. The molecule has 0 aliphatic rings. The molecular weight excluding hydrogens is 247 g/mol. The number of alkyl halides is 1. The molecule has 13 heavy (non-hydrogen) atoms. The zero-order chi connectivity index (χ0) is 9.68. The van der Waals surface area contributed by atoms with E-state index in [4.69, 9.17) is 11.6 Å². The summed E-state index contributed by atoms with van der Waals surface area (Å²) in [5.74, 6) is 0. The molecule has 0 aliphatic carbocycles. The van der Waals surface area contributed by atoms with Crippen molar-refractivity contribution in [3.8, 4) is 0 Å². The van der Waals surface area contributed by atoms with Crippen molar-refractivity contribution in [3.63, 3.8) is 0 Å². The lowest BCUT2D eigenvalue weighted by Crippen LogP contribution is -1.92. The number of halogens is 2. The van der Waals surface area contributed by atoms with Crippen molar-refractivity contribution in [3.05, 3.63) is 34.9 Å². The van der Waals surface area contributed by atoms with E-state index in [9.17, 15) is 0 Å². The highest BCUT2D eigenvalue weighted by Crippen LogP contribution is 2.14. The van der Waals surface area contributed by atoms with Crippen LogP contribution in [0.2, 0.25) is 5.02 Å². The molecule has 0 aromatic heterocycles. The van der Waals surface area contributed by atoms with Crippen molar-refractivity contribution in [2.75, 3.05) is 0 Å². The molecule has 1 rings (SSSR count). The second-order valence-electron chi connectivity index (χ2n) is 3.30. The third kappa shape index (κ3) is 4.68. The van der Waals surface area contributed by atoms with Gasteiger partial charge in [0.2, 0.25) is 0 Å². The highest BCUT2D eigenvalue weighted by Gasteiger charge is 1.97. The van der Waals surface area contributed by atoms with E-state index in [0.717, 1.165) is 11.4 Å². The zero-order valence-corrected chi connectivity index (χ0v) is 10.1. The van der Waals surface area contributed by atoms with Crippen LogP contribution in [0.25, 0.3) is 0 Å². The summed E-state index contributed by atoms with van der Waals surface area (Å²) in [4.78, 5) is 0.617. The van der Waals surface area contributed by atoms with Gasteiger partial charge in [0.25, 0.3) is 0 Å². The van der Waals surface area contributed by atoms with Crippen molar-refractivity contribution in [2.24, 2.45) is 0 Å². The molecule has 0 spiro atoms. The first-order valence-electron chi connectivity index (χ1n) is 4.57. The molecule has 1 aromatic rings. The van der Waals surface area contributed by atoms with E-state index in [2.05, 4.69) is 28.9 Å². The maximum Gasteiger partial charge on any atom is 0.0408 e. The van der Waals surface area contributed by atoms with Gasteiger partial charge in [0, 0.05) is 9.85 Å². The first kappa shape index (κ1) is 11.1. The van der Waals surface area contributed by atoms with Gasteiger partial charge >= 0.3 is 0 Å². The van der Waals surface area contributed by atoms with Crippen molar-refractivity contribution < 1.29 is 0 Å². The summed E-state index contributed by atoms with van der Waals surface area (Å²) >= 11 is 9.41. The molecule has 0 saturated heterocycles. The fourth-order valence-corrected chi connectivity index (χ4v) is 1.82. The first-order chi connectivity index (χ1) is 6.18. The Morgan fingerprint density at radius 2 is 2.23 bits per heavy atom. The number of hydrogen-bond acceptors (Lipinski definition) is 0. The van der Waals surface area contributed by atoms with E-state index >= 15 is 0 Å². The highest BCUT2D eigenvalue weighted by molar-refractivity contribution is 9.09. The first-order valence-corrected chi connectivity index (χ1v) is 5.86. The fourth-order valence-electron chi connectivity index (χ4n) is 1.28. The van der Waals surface area contributed by atoms with Gasteiger partial charge < -0.3 is 0 Å². The van der Waals surface area contributed by atoms with Gasteiger partial charge in [-0.3, -0.25) is 0 Å². The molecular formula is C11H14BrCl. The minimum Gasteiger partial charge on any atom is -0.0894 e. The summed E-state index contributed by atoms with van der Waals surface area (Å²) in [5.41, 5.74) is 1.33. The summed E-state index contributed by atoms with van der Waals surface area (Å²) in [6.07, 6.45) is 3.55. The summed E-state index contributed by atoms with van der Waals surface area (Å²) in [7, 11) is 0. The van der Waals surface area contributed by atoms with E-state index in [1.807, 2.05) is 18.2 Å². The third-order valence-corrected chi connectivity index (χ3v) is 2.65. The van der Waals surface area contributed by atoms with Gasteiger partial charge in [-0.25, -0.2) is 0 Å². The van der Waals surface area contributed by atoms with Crippen LogP contribution in [0.15, 0.2) is 24.3 Å². The molecule has 0 bridgehead atoms. The Labute approximate surface area is 93.4 Å². The van der Waals surface area contributed by atoms with Crippen molar-refractivity contribution in [1.82, 2.24) is 0 Å². The van der Waals surface area contributed by atoms with E-state index in [0.29, 0.717) is 4.83 Å².